The molecule has 0 aliphatic heterocycles. The van der Waals surface area contributed by atoms with Crippen LogP contribution in [-0.4, -0.2) is 37.5 Å². The van der Waals surface area contributed by atoms with E-state index in [9.17, 15) is 19.5 Å². The normalized spacial score (nSPS) is 11.8. The van der Waals surface area contributed by atoms with Crippen LogP contribution in [0, 0.1) is 24.0 Å². The first-order valence-electron chi connectivity index (χ1n) is 12.2. The Bertz CT molecular complexity index is 1740. The van der Waals surface area contributed by atoms with Crippen LogP contribution in [-0.2, 0) is 16.9 Å². The lowest BCUT2D eigenvalue weighted by molar-refractivity contribution is -0.384. The molecule has 0 radical (unpaired) electrons. The first kappa shape index (κ1) is 26.9. The van der Waals surface area contributed by atoms with Crippen molar-refractivity contribution in [1.29, 1.82) is 0 Å². The Labute approximate surface area is 232 Å². The van der Waals surface area contributed by atoms with E-state index in [-0.39, 0.29) is 22.3 Å². The van der Waals surface area contributed by atoms with Gasteiger partial charge in [-0.25, -0.2) is 4.79 Å². The Morgan fingerprint density at radius 2 is 1.82 bits per heavy atom. The number of nitro groups is 1. The second kappa shape index (κ2) is 11.2. The topological polar surface area (TPSA) is 143 Å². The van der Waals surface area contributed by atoms with Crippen LogP contribution in [0.5, 0.6) is 11.5 Å². The lowest BCUT2D eigenvalue weighted by Crippen LogP contribution is -2.10. The third-order valence-electron chi connectivity index (χ3n) is 6.41. The standard InChI is InChI=1S/C29H24N4O6S/c1-17-15-30-26(18(2)27(17)38-3)16-40(37)29-31-24-13-12-21(14-25(24)32-29)39-28(34)23-7-5-4-6-22(23)19-8-10-20(11-9-19)33(35)36/h4-15H,16H2,1-3H3,(H,31,32). The molecule has 0 saturated carbocycles. The van der Waals surface area contributed by atoms with Crippen molar-refractivity contribution in [3.63, 3.8) is 0 Å². The van der Waals surface area contributed by atoms with E-state index in [2.05, 4.69) is 15.0 Å². The van der Waals surface area contributed by atoms with Crippen LogP contribution in [0.2, 0.25) is 0 Å². The van der Waals surface area contributed by atoms with Gasteiger partial charge in [-0.15, -0.1) is 0 Å². The monoisotopic (exact) mass is 556 g/mol. The van der Waals surface area contributed by atoms with E-state index >= 15 is 0 Å². The van der Waals surface area contributed by atoms with Crippen molar-refractivity contribution in [3.8, 4) is 22.6 Å². The zero-order valence-electron chi connectivity index (χ0n) is 21.8. The quantitative estimate of drug-likeness (QED) is 0.0845. The summed E-state index contributed by atoms with van der Waals surface area (Å²) in [5.74, 6) is 0.542. The zero-order chi connectivity index (χ0) is 28.4. The number of carbonyl (C=O) groups excluding carboxylic acids is 1. The maximum Gasteiger partial charge on any atom is 0.344 e. The van der Waals surface area contributed by atoms with E-state index in [0.717, 1.165) is 11.1 Å². The Kier molecular flexibility index (Phi) is 7.50. The molecule has 11 heteroatoms. The molecule has 202 valence electrons. The van der Waals surface area contributed by atoms with Gasteiger partial charge in [0, 0.05) is 46.7 Å². The van der Waals surface area contributed by atoms with Crippen molar-refractivity contribution in [2.24, 2.45) is 0 Å². The molecule has 5 rings (SSSR count). The average molecular weight is 557 g/mol. The summed E-state index contributed by atoms with van der Waals surface area (Å²) in [4.78, 5) is 35.6. The molecule has 2 aromatic heterocycles. The van der Waals surface area contributed by atoms with Gasteiger partial charge in [0.1, 0.15) is 11.5 Å². The number of nitrogens with one attached hydrogen (secondary N) is 1. The third-order valence-corrected chi connectivity index (χ3v) is 7.57. The van der Waals surface area contributed by atoms with E-state index in [1.807, 2.05) is 13.8 Å². The highest BCUT2D eigenvalue weighted by atomic mass is 32.2. The molecule has 0 fully saturated rings. The number of aryl methyl sites for hydroxylation is 1. The molecule has 0 saturated heterocycles. The Morgan fingerprint density at radius 3 is 2.55 bits per heavy atom. The van der Waals surface area contributed by atoms with Crippen molar-refractivity contribution in [1.82, 2.24) is 15.0 Å². The number of ether oxygens (including phenoxy) is 2. The molecular weight excluding hydrogens is 532 g/mol. The van der Waals surface area contributed by atoms with Crippen molar-refractivity contribution >= 4 is 33.9 Å². The Morgan fingerprint density at radius 1 is 1.07 bits per heavy atom. The summed E-state index contributed by atoms with van der Waals surface area (Å²) in [6.07, 6.45) is 1.69. The predicted octanol–water partition coefficient (Wildman–Crippen LogP) is 5.69. The van der Waals surface area contributed by atoms with E-state index in [4.69, 9.17) is 9.47 Å². The summed E-state index contributed by atoms with van der Waals surface area (Å²) in [7, 11) is 1.59. The number of imidazole rings is 1. The van der Waals surface area contributed by atoms with Gasteiger partial charge in [0.05, 0.1) is 34.3 Å². The van der Waals surface area contributed by atoms with Gasteiger partial charge in [-0.05, 0) is 55.3 Å². The number of H-pyrrole nitrogens is 1. The van der Waals surface area contributed by atoms with Gasteiger partial charge in [-0.2, -0.15) is 4.98 Å². The Balaban J connectivity index is 1.35. The number of aromatic nitrogens is 3. The van der Waals surface area contributed by atoms with Crippen molar-refractivity contribution in [2.75, 3.05) is 7.11 Å². The molecule has 2 heterocycles. The van der Waals surface area contributed by atoms with E-state index in [1.165, 1.54) is 12.1 Å². The first-order chi connectivity index (χ1) is 19.2. The van der Waals surface area contributed by atoms with Gasteiger partial charge in [0.25, 0.3) is 5.69 Å². The molecule has 0 aliphatic carbocycles. The summed E-state index contributed by atoms with van der Waals surface area (Å²) >= 11 is -1.50. The van der Waals surface area contributed by atoms with Gasteiger partial charge in [0.2, 0.25) is 0 Å². The summed E-state index contributed by atoms with van der Waals surface area (Å²) in [5.41, 5.74) is 5.00. The maximum absolute atomic E-state index is 13.1. The number of aromatic amines is 1. The van der Waals surface area contributed by atoms with E-state index < -0.39 is 22.1 Å². The minimum atomic E-state index is -1.50. The van der Waals surface area contributed by atoms with Crippen LogP contribution in [0.25, 0.3) is 22.2 Å². The number of hydrogen-bond acceptors (Lipinski definition) is 8. The smallest absolute Gasteiger partial charge is 0.344 e. The average Bonchev–Trinajstić information content (AvgIpc) is 3.38. The maximum atomic E-state index is 13.1. The molecule has 0 aliphatic rings. The second-order valence-corrected chi connectivity index (χ2v) is 10.4. The SMILES string of the molecule is COc1c(C)cnc(C[S+]([O-])c2nc3cc(OC(=O)c4ccccc4-c4ccc([N+](=O)[O-])cc4)ccc3[nH]2)c1C. The highest BCUT2D eigenvalue weighted by Gasteiger charge is 2.22. The summed E-state index contributed by atoms with van der Waals surface area (Å²) in [6, 6.07) is 17.7. The number of pyridine rings is 1. The molecule has 0 spiro atoms. The van der Waals surface area contributed by atoms with Gasteiger partial charge < -0.3 is 14.0 Å². The summed E-state index contributed by atoms with van der Waals surface area (Å²) in [6.45, 7) is 3.78. The summed E-state index contributed by atoms with van der Waals surface area (Å²) in [5, 5.41) is 11.3. The molecule has 1 atom stereocenters. The third kappa shape index (κ3) is 5.37. The minimum Gasteiger partial charge on any atom is -0.609 e. The van der Waals surface area contributed by atoms with E-state index in [1.54, 1.807) is 67.9 Å². The number of nitrogens with zero attached hydrogens (tertiary/aromatic N) is 3. The zero-order valence-corrected chi connectivity index (χ0v) is 22.7. The van der Waals surface area contributed by atoms with Crippen LogP contribution in [0.3, 0.4) is 0 Å². The Hall–Kier alpha value is -4.74. The number of benzene rings is 3. The molecule has 5 aromatic rings. The number of nitro benzene ring substituents is 1. The molecule has 10 nitrogen and oxygen atoms in total. The van der Waals surface area contributed by atoms with Gasteiger partial charge in [-0.3, -0.25) is 20.1 Å². The summed E-state index contributed by atoms with van der Waals surface area (Å²) < 4.78 is 24.2. The molecule has 0 bridgehead atoms. The molecule has 0 amide bonds. The van der Waals surface area contributed by atoms with Gasteiger partial charge >= 0.3 is 11.1 Å². The van der Waals surface area contributed by atoms with Crippen LogP contribution >= 0.6 is 0 Å². The number of rotatable bonds is 8. The number of non-ortho nitro benzene ring substituents is 1. The second-order valence-electron chi connectivity index (χ2n) is 9.00. The molecular formula is C29H24N4O6S. The minimum absolute atomic E-state index is 0.0404. The molecule has 3 aromatic carbocycles. The predicted molar refractivity (Wildman–Crippen MR) is 150 cm³/mol. The highest BCUT2D eigenvalue weighted by Crippen LogP contribution is 2.29. The van der Waals surface area contributed by atoms with Crippen LogP contribution in [0.15, 0.2) is 78.1 Å². The number of hydrogen-bond donors (Lipinski definition) is 1. The van der Waals surface area contributed by atoms with Crippen molar-refractivity contribution in [3.05, 3.63) is 105 Å². The van der Waals surface area contributed by atoms with Crippen LogP contribution in [0.4, 0.5) is 5.69 Å². The van der Waals surface area contributed by atoms with Crippen LogP contribution in [0.1, 0.15) is 27.2 Å². The first-order valence-corrected chi connectivity index (χ1v) is 13.5. The largest absolute Gasteiger partial charge is 0.609 e. The fourth-order valence-electron chi connectivity index (χ4n) is 4.38. The fraction of sp³-hybridized carbons (Fsp3) is 0.138. The molecule has 1 N–H and O–H groups in total. The van der Waals surface area contributed by atoms with Gasteiger partial charge in [-0.1, -0.05) is 18.2 Å². The van der Waals surface area contributed by atoms with Crippen molar-refractivity contribution in [2.45, 2.75) is 24.8 Å². The van der Waals surface area contributed by atoms with Crippen LogP contribution < -0.4 is 9.47 Å². The fourth-order valence-corrected chi connectivity index (χ4v) is 5.48. The van der Waals surface area contributed by atoms with Crippen molar-refractivity contribution < 1.29 is 23.7 Å². The lowest BCUT2D eigenvalue weighted by Gasteiger charge is -2.13. The molecule has 1 unspecified atom stereocenters. The number of carbonyl (C=O) groups is 1. The molecule has 40 heavy (non-hydrogen) atoms. The van der Waals surface area contributed by atoms with E-state index in [0.29, 0.717) is 39.2 Å². The lowest BCUT2D eigenvalue weighted by atomic mass is 9.99. The number of esters is 1. The number of methoxy groups -OCH3 is 1. The number of fused-ring (bicyclic) bond motifs is 1. The highest BCUT2D eigenvalue weighted by molar-refractivity contribution is 7.90. The van der Waals surface area contributed by atoms with Gasteiger partial charge in [0.15, 0.2) is 5.75 Å².